The van der Waals surface area contributed by atoms with E-state index >= 15 is 0 Å². The molecule has 202 valence electrons. The number of nitrogens with one attached hydrogen (secondary N) is 1. The van der Waals surface area contributed by atoms with Crippen molar-refractivity contribution < 1.29 is 4.79 Å². The monoisotopic (exact) mass is 566 g/mol. The molecule has 5 aromatic rings. The van der Waals surface area contributed by atoms with Crippen LogP contribution in [0.1, 0.15) is 32.6 Å². The highest BCUT2D eigenvalue weighted by Gasteiger charge is 2.14. The van der Waals surface area contributed by atoms with Gasteiger partial charge in [-0.2, -0.15) is 0 Å². The summed E-state index contributed by atoms with van der Waals surface area (Å²) in [6.45, 7) is 2.45. The summed E-state index contributed by atoms with van der Waals surface area (Å²) in [5.74, 6) is -0.0989. The van der Waals surface area contributed by atoms with Gasteiger partial charge in [0.15, 0.2) is 5.13 Å². The number of anilines is 1. The molecule has 0 saturated carbocycles. The van der Waals surface area contributed by atoms with Crippen LogP contribution in [0, 0.1) is 0 Å². The van der Waals surface area contributed by atoms with E-state index in [1.165, 1.54) is 5.56 Å². The fraction of sp³-hybridized carbons (Fsp3) is 0.152. The third-order valence-corrected chi connectivity index (χ3v) is 7.84. The van der Waals surface area contributed by atoms with E-state index in [0.717, 1.165) is 46.0 Å². The number of benzene rings is 4. The van der Waals surface area contributed by atoms with Crippen LogP contribution in [-0.4, -0.2) is 17.4 Å². The van der Waals surface area contributed by atoms with Crippen molar-refractivity contribution in [2.45, 2.75) is 26.1 Å². The molecule has 0 unspecified atom stereocenters. The smallest absolute Gasteiger partial charge is 0.251 e. The molecule has 1 aromatic heterocycles. The Morgan fingerprint density at radius 3 is 2.33 bits per heavy atom. The molecule has 0 aliphatic heterocycles. The first kappa shape index (κ1) is 27.6. The highest BCUT2D eigenvalue weighted by Crippen LogP contribution is 2.29. The van der Waals surface area contributed by atoms with Gasteiger partial charge in [-0.3, -0.25) is 4.79 Å². The van der Waals surface area contributed by atoms with Gasteiger partial charge in [0.25, 0.3) is 5.91 Å². The number of carbonyl (C=O) groups excluding carboxylic acids is 1. The van der Waals surface area contributed by atoms with E-state index < -0.39 is 0 Å². The lowest BCUT2D eigenvalue weighted by Crippen LogP contribution is -2.25. The van der Waals surface area contributed by atoms with Crippen LogP contribution < -0.4 is 16.0 Å². The van der Waals surface area contributed by atoms with Crippen molar-refractivity contribution >= 4 is 34.0 Å². The zero-order chi connectivity index (χ0) is 27.7. The Morgan fingerprint density at radius 2 is 1.57 bits per heavy atom. The maximum absolute atomic E-state index is 12.8. The van der Waals surface area contributed by atoms with Crippen molar-refractivity contribution in [2.24, 2.45) is 5.73 Å². The number of carbonyl (C=O) groups is 1. The first-order chi connectivity index (χ1) is 19.6. The number of nitrogens with two attached hydrogens (primary N) is 1. The van der Waals surface area contributed by atoms with Crippen molar-refractivity contribution in [3.63, 3.8) is 0 Å². The molecule has 0 bridgehead atoms. The van der Waals surface area contributed by atoms with Gasteiger partial charge in [-0.05, 0) is 52.9 Å². The van der Waals surface area contributed by atoms with Crippen LogP contribution in [0.15, 0.2) is 109 Å². The molecule has 0 saturated heterocycles. The van der Waals surface area contributed by atoms with Gasteiger partial charge in [0, 0.05) is 47.7 Å². The summed E-state index contributed by atoms with van der Waals surface area (Å²) in [5, 5.41) is 6.76. The molecule has 0 aliphatic rings. The van der Waals surface area contributed by atoms with E-state index in [1.807, 2.05) is 78.9 Å². The van der Waals surface area contributed by atoms with Crippen molar-refractivity contribution in [3.8, 4) is 11.3 Å². The van der Waals surface area contributed by atoms with Gasteiger partial charge in [0.2, 0.25) is 0 Å². The average Bonchev–Trinajstić information content (AvgIpc) is 3.49. The van der Waals surface area contributed by atoms with Crippen LogP contribution in [0.4, 0.5) is 5.13 Å². The first-order valence-electron chi connectivity index (χ1n) is 13.2. The van der Waals surface area contributed by atoms with Gasteiger partial charge in [-0.15, -0.1) is 11.3 Å². The SMILES string of the molecule is NCc1cccc(CNC(=O)c2ccc(CN(CCc3ccccc3)c3nc(-c4ccc(Cl)cc4)cs3)cc2)c1. The van der Waals surface area contributed by atoms with Gasteiger partial charge in [0.05, 0.1) is 5.69 Å². The summed E-state index contributed by atoms with van der Waals surface area (Å²) < 4.78 is 0. The van der Waals surface area contributed by atoms with E-state index in [-0.39, 0.29) is 5.91 Å². The summed E-state index contributed by atoms with van der Waals surface area (Å²) in [6, 6.07) is 34.0. The number of nitrogens with zero attached hydrogens (tertiary/aromatic N) is 2. The fourth-order valence-corrected chi connectivity index (χ4v) is 5.43. The van der Waals surface area contributed by atoms with E-state index in [4.69, 9.17) is 22.3 Å². The van der Waals surface area contributed by atoms with E-state index in [0.29, 0.717) is 30.2 Å². The highest BCUT2D eigenvalue weighted by molar-refractivity contribution is 7.14. The standard InChI is InChI=1S/C33H31ClN4OS/c34-30-15-13-28(14-16-30)31-23-40-33(37-31)38(18-17-24-5-2-1-3-6-24)22-25-9-11-29(12-10-25)32(39)36-21-27-8-4-7-26(19-27)20-35/h1-16,19,23H,17-18,20-22,35H2,(H,36,39). The Kier molecular flexibility index (Phi) is 9.24. The number of amides is 1. The van der Waals surface area contributed by atoms with Crippen molar-refractivity contribution in [3.05, 3.63) is 141 Å². The van der Waals surface area contributed by atoms with E-state index in [2.05, 4.69) is 39.9 Å². The zero-order valence-electron chi connectivity index (χ0n) is 22.1. The van der Waals surface area contributed by atoms with Gasteiger partial charge in [0.1, 0.15) is 0 Å². The number of thiazole rings is 1. The number of hydrogen-bond acceptors (Lipinski definition) is 5. The molecule has 7 heteroatoms. The van der Waals surface area contributed by atoms with Gasteiger partial charge in [-0.1, -0.05) is 90.5 Å². The summed E-state index contributed by atoms with van der Waals surface area (Å²) in [6.07, 6.45) is 0.905. The molecular weight excluding hydrogens is 536 g/mol. The lowest BCUT2D eigenvalue weighted by atomic mass is 10.1. The Morgan fingerprint density at radius 1 is 0.850 bits per heavy atom. The number of halogens is 1. The summed E-state index contributed by atoms with van der Waals surface area (Å²) in [7, 11) is 0. The Bertz CT molecular complexity index is 1540. The second-order valence-electron chi connectivity index (χ2n) is 9.58. The molecular formula is C33H31ClN4OS. The molecule has 0 aliphatic carbocycles. The topological polar surface area (TPSA) is 71.2 Å². The molecule has 0 fully saturated rings. The Labute approximate surface area is 244 Å². The molecule has 5 rings (SSSR count). The van der Waals surface area contributed by atoms with Crippen LogP contribution in [0.2, 0.25) is 5.02 Å². The normalized spacial score (nSPS) is 10.8. The van der Waals surface area contributed by atoms with Crippen LogP contribution in [0.25, 0.3) is 11.3 Å². The lowest BCUT2D eigenvalue weighted by Gasteiger charge is -2.22. The lowest BCUT2D eigenvalue weighted by molar-refractivity contribution is 0.0951. The third kappa shape index (κ3) is 7.36. The molecule has 3 N–H and O–H groups in total. The Hall–Kier alpha value is -3.97. The van der Waals surface area contributed by atoms with Gasteiger partial charge in [-0.25, -0.2) is 4.98 Å². The highest BCUT2D eigenvalue weighted by atomic mass is 35.5. The molecule has 0 radical (unpaired) electrons. The number of rotatable bonds is 11. The summed E-state index contributed by atoms with van der Waals surface area (Å²) >= 11 is 7.71. The molecule has 1 heterocycles. The maximum Gasteiger partial charge on any atom is 0.251 e. The van der Waals surface area contributed by atoms with E-state index in [1.54, 1.807) is 11.3 Å². The third-order valence-electron chi connectivity index (χ3n) is 6.69. The van der Waals surface area contributed by atoms with E-state index in [9.17, 15) is 4.79 Å². The molecule has 0 atom stereocenters. The minimum atomic E-state index is -0.0989. The van der Waals surface area contributed by atoms with Crippen molar-refractivity contribution in [1.82, 2.24) is 10.3 Å². The van der Waals surface area contributed by atoms with Crippen molar-refractivity contribution in [2.75, 3.05) is 11.4 Å². The minimum absolute atomic E-state index is 0.0989. The molecule has 0 spiro atoms. The van der Waals surface area contributed by atoms with Crippen LogP contribution >= 0.6 is 22.9 Å². The predicted octanol–water partition coefficient (Wildman–Crippen LogP) is 7.10. The minimum Gasteiger partial charge on any atom is -0.348 e. The largest absolute Gasteiger partial charge is 0.348 e. The van der Waals surface area contributed by atoms with Crippen LogP contribution in [0.3, 0.4) is 0 Å². The fourth-order valence-electron chi connectivity index (χ4n) is 4.45. The quantitative estimate of drug-likeness (QED) is 0.179. The summed E-state index contributed by atoms with van der Waals surface area (Å²) in [5.41, 5.74) is 12.8. The van der Waals surface area contributed by atoms with Gasteiger partial charge >= 0.3 is 0 Å². The first-order valence-corrected chi connectivity index (χ1v) is 14.5. The predicted molar refractivity (Wildman–Crippen MR) is 166 cm³/mol. The van der Waals surface area contributed by atoms with Crippen LogP contribution in [-0.2, 0) is 26.1 Å². The number of hydrogen-bond donors (Lipinski definition) is 2. The summed E-state index contributed by atoms with van der Waals surface area (Å²) in [4.78, 5) is 20.0. The van der Waals surface area contributed by atoms with Crippen molar-refractivity contribution in [1.29, 1.82) is 0 Å². The van der Waals surface area contributed by atoms with Crippen LogP contribution in [0.5, 0.6) is 0 Å². The van der Waals surface area contributed by atoms with Gasteiger partial charge < -0.3 is 16.0 Å². The molecule has 40 heavy (non-hydrogen) atoms. The second-order valence-corrected chi connectivity index (χ2v) is 10.9. The number of aromatic nitrogens is 1. The second kappa shape index (κ2) is 13.4. The zero-order valence-corrected chi connectivity index (χ0v) is 23.7. The molecule has 1 amide bonds. The molecule has 5 nitrogen and oxygen atoms in total. The average molecular weight is 567 g/mol. The Balaban J connectivity index is 1.28. The molecule has 4 aromatic carbocycles. The maximum atomic E-state index is 12.8.